The number of hydrogen-bond donors (Lipinski definition) is 2. The van der Waals surface area contributed by atoms with Gasteiger partial charge in [0.05, 0.1) is 12.7 Å². The first kappa shape index (κ1) is 17.4. The highest BCUT2D eigenvalue weighted by atomic mass is 16.5. The number of benzene rings is 1. The second-order valence-corrected chi connectivity index (χ2v) is 7.70. The fraction of sp³-hybridized carbons (Fsp3) is 0.571. The van der Waals surface area contributed by atoms with Gasteiger partial charge in [-0.1, -0.05) is 38.0 Å². The van der Waals surface area contributed by atoms with E-state index < -0.39 is 0 Å². The average molecular weight is 355 g/mol. The summed E-state index contributed by atoms with van der Waals surface area (Å²) in [5, 5.41) is 4.26. The smallest absolute Gasteiger partial charge is 0.317 e. The lowest BCUT2D eigenvalue weighted by molar-refractivity contribution is -0.00274. The third kappa shape index (κ3) is 3.58. The van der Waals surface area contributed by atoms with Crippen LogP contribution in [0.1, 0.15) is 43.9 Å². The maximum atomic E-state index is 12.5. The van der Waals surface area contributed by atoms with Crippen LogP contribution in [0.15, 0.2) is 24.3 Å². The van der Waals surface area contributed by atoms with Gasteiger partial charge in [0.15, 0.2) is 0 Å². The van der Waals surface area contributed by atoms with Gasteiger partial charge in [0.25, 0.3) is 0 Å². The minimum atomic E-state index is 0.0150. The summed E-state index contributed by atoms with van der Waals surface area (Å²) in [6, 6.07) is 8.34. The van der Waals surface area contributed by atoms with E-state index in [0.717, 1.165) is 24.9 Å². The number of para-hydroxylation sites is 1. The summed E-state index contributed by atoms with van der Waals surface area (Å²) in [6.45, 7) is 4.89. The van der Waals surface area contributed by atoms with Crippen LogP contribution >= 0.6 is 0 Å². The Morgan fingerprint density at radius 1 is 1.31 bits per heavy atom. The molecule has 2 atom stereocenters. The monoisotopic (exact) mass is 355 g/mol. The number of ether oxygens (including phenoxy) is 1. The molecule has 1 aliphatic carbocycles. The second-order valence-electron chi connectivity index (χ2n) is 7.70. The van der Waals surface area contributed by atoms with Crippen LogP contribution in [-0.2, 0) is 17.7 Å². The number of nitrogens with zero attached hydrogens (tertiary/aromatic N) is 1. The first-order valence-electron chi connectivity index (χ1n) is 9.95. The summed E-state index contributed by atoms with van der Waals surface area (Å²) in [4.78, 5) is 17.9. The van der Waals surface area contributed by atoms with Crippen molar-refractivity contribution in [3.63, 3.8) is 0 Å². The van der Waals surface area contributed by atoms with Crippen LogP contribution in [0.5, 0.6) is 0 Å². The van der Waals surface area contributed by atoms with Crippen molar-refractivity contribution in [3.05, 3.63) is 35.5 Å². The summed E-state index contributed by atoms with van der Waals surface area (Å²) in [5.41, 5.74) is 3.69. The van der Waals surface area contributed by atoms with Gasteiger partial charge in [-0.15, -0.1) is 0 Å². The molecular weight excluding hydrogens is 326 g/mol. The molecule has 1 aromatic carbocycles. The van der Waals surface area contributed by atoms with E-state index in [4.69, 9.17) is 4.74 Å². The number of aromatic amines is 1. The third-order valence-corrected chi connectivity index (χ3v) is 5.91. The molecule has 1 fully saturated rings. The highest BCUT2D eigenvalue weighted by Crippen LogP contribution is 2.28. The van der Waals surface area contributed by atoms with Gasteiger partial charge >= 0.3 is 6.03 Å². The van der Waals surface area contributed by atoms with Crippen LogP contribution in [0.25, 0.3) is 10.9 Å². The van der Waals surface area contributed by atoms with Crippen molar-refractivity contribution >= 4 is 16.9 Å². The summed E-state index contributed by atoms with van der Waals surface area (Å²) < 4.78 is 6.00. The zero-order chi connectivity index (χ0) is 17.9. The molecule has 0 spiro atoms. The largest absolute Gasteiger partial charge is 0.376 e. The van der Waals surface area contributed by atoms with Crippen LogP contribution < -0.4 is 5.32 Å². The van der Waals surface area contributed by atoms with Gasteiger partial charge in [0.2, 0.25) is 0 Å². The van der Waals surface area contributed by atoms with Gasteiger partial charge < -0.3 is 19.9 Å². The number of amides is 2. The third-order valence-electron chi connectivity index (χ3n) is 5.91. The minimum Gasteiger partial charge on any atom is -0.376 e. The van der Waals surface area contributed by atoms with E-state index in [2.05, 4.69) is 35.4 Å². The Kier molecular flexibility index (Phi) is 5.16. The van der Waals surface area contributed by atoms with Gasteiger partial charge in [-0.25, -0.2) is 4.79 Å². The molecule has 0 saturated heterocycles. The number of urea groups is 1. The molecular formula is C21H29N3O2. The molecule has 4 rings (SSSR count). The number of hydrogen-bond acceptors (Lipinski definition) is 2. The average Bonchev–Trinajstić information content (AvgIpc) is 3.04. The van der Waals surface area contributed by atoms with E-state index in [1.165, 1.54) is 35.9 Å². The van der Waals surface area contributed by atoms with Crippen LogP contribution in [0.3, 0.4) is 0 Å². The van der Waals surface area contributed by atoms with E-state index in [1.54, 1.807) is 0 Å². The van der Waals surface area contributed by atoms with Crippen molar-refractivity contribution in [2.45, 2.75) is 51.7 Å². The summed E-state index contributed by atoms with van der Waals surface area (Å²) in [7, 11) is 0. The van der Waals surface area contributed by atoms with Crippen molar-refractivity contribution in [2.24, 2.45) is 5.92 Å². The van der Waals surface area contributed by atoms with Crippen LogP contribution in [0, 0.1) is 5.92 Å². The molecule has 1 saturated carbocycles. The van der Waals surface area contributed by atoms with Gasteiger partial charge in [0.1, 0.15) is 0 Å². The Morgan fingerprint density at radius 3 is 3.04 bits per heavy atom. The predicted molar refractivity (Wildman–Crippen MR) is 103 cm³/mol. The maximum absolute atomic E-state index is 12.5. The molecule has 5 nitrogen and oxygen atoms in total. The number of rotatable bonds is 4. The van der Waals surface area contributed by atoms with Crippen LogP contribution in [0.4, 0.5) is 4.79 Å². The topological polar surface area (TPSA) is 57.4 Å². The van der Waals surface area contributed by atoms with E-state index in [9.17, 15) is 4.79 Å². The number of fused-ring (bicyclic) bond motifs is 3. The number of H-pyrrole nitrogens is 1. The Balaban J connectivity index is 1.28. The van der Waals surface area contributed by atoms with Crippen LogP contribution in [0.2, 0.25) is 0 Å². The maximum Gasteiger partial charge on any atom is 0.317 e. The standard InChI is InChI=1S/C21H29N3O2/c1-15-6-2-5-9-20(15)26-13-11-22-21(25)24-12-10-19-17(14-24)16-7-3-4-8-18(16)23-19/h3-4,7-8,15,20,23H,2,5-6,9-14H2,1H3,(H,22,25)/t15-,20+/m0/s1. The molecule has 1 aliphatic heterocycles. The molecule has 0 unspecified atom stereocenters. The lowest BCUT2D eigenvalue weighted by Crippen LogP contribution is -2.44. The highest BCUT2D eigenvalue weighted by molar-refractivity contribution is 5.85. The molecule has 2 aromatic rings. The van der Waals surface area contributed by atoms with E-state index in [-0.39, 0.29) is 6.03 Å². The highest BCUT2D eigenvalue weighted by Gasteiger charge is 2.24. The first-order valence-corrected chi connectivity index (χ1v) is 9.95. The number of carbonyl (C=O) groups excluding carboxylic acids is 1. The summed E-state index contributed by atoms with van der Waals surface area (Å²) >= 11 is 0. The number of carbonyl (C=O) groups is 1. The fourth-order valence-corrected chi connectivity index (χ4v) is 4.35. The molecule has 1 aromatic heterocycles. The predicted octanol–water partition coefficient (Wildman–Crippen LogP) is 3.83. The molecule has 140 valence electrons. The van der Waals surface area contributed by atoms with E-state index in [0.29, 0.717) is 31.7 Å². The van der Waals surface area contributed by atoms with Crippen molar-refractivity contribution in [1.82, 2.24) is 15.2 Å². The zero-order valence-corrected chi connectivity index (χ0v) is 15.6. The SMILES string of the molecule is C[C@H]1CCCC[C@H]1OCCNC(=O)N1CCc2[nH]c3ccccc3c2C1. The number of aromatic nitrogens is 1. The minimum absolute atomic E-state index is 0.0150. The summed E-state index contributed by atoms with van der Waals surface area (Å²) in [6.07, 6.45) is 6.25. The van der Waals surface area contributed by atoms with Crippen molar-refractivity contribution in [2.75, 3.05) is 19.7 Å². The molecule has 2 N–H and O–H groups in total. The lowest BCUT2D eigenvalue weighted by atomic mass is 9.88. The van der Waals surface area contributed by atoms with E-state index in [1.807, 2.05) is 11.0 Å². The van der Waals surface area contributed by atoms with Gasteiger partial charge in [-0.3, -0.25) is 0 Å². The molecule has 5 heteroatoms. The summed E-state index contributed by atoms with van der Waals surface area (Å²) in [5.74, 6) is 0.641. The van der Waals surface area contributed by atoms with Gasteiger partial charge in [-0.05, 0) is 24.8 Å². The number of nitrogens with one attached hydrogen (secondary N) is 2. The fourth-order valence-electron chi connectivity index (χ4n) is 4.35. The van der Waals surface area contributed by atoms with Gasteiger partial charge in [0, 0.05) is 48.2 Å². The molecule has 0 bridgehead atoms. The van der Waals surface area contributed by atoms with Crippen molar-refractivity contribution in [1.29, 1.82) is 0 Å². The molecule has 2 heterocycles. The molecule has 2 aliphatic rings. The Bertz CT molecular complexity index is 770. The molecule has 26 heavy (non-hydrogen) atoms. The van der Waals surface area contributed by atoms with Crippen molar-refractivity contribution < 1.29 is 9.53 Å². The quantitative estimate of drug-likeness (QED) is 0.819. The van der Waals surface area contributed by atoms with Gasteiger partial charge in [-0.2, -0.15) is 0 Å². The Labute approximate surface area is 155 Å². The second kappa shape index (κ2) is 7.70. The lowest BCUT2D eigenvalue weighted by Gasteiger charge is -2.29. The Hall–Kier alpha value is -2.01. The van der Waals surface area contributed by atoms with Crippen molar-refractivity contribution in [3.8, 4) is 0 Å². The first-order chi connectivity index (χ1) is 12.7. The van der Waals surface area contributed by atoms with Crippen LogP contribution in [-0.4, -0.2) is 41.7 Å². The normalized spacial score (nSPS) is 23.0. The van der Waals surface area contributed by atoms with E-state index >= 15 is 0 Å². The molecule has 2 amide bonds. The molecule has 0 radical (unpaired) electrons. The Morgan fingerprint density at radius 2 is 2.15 bits per heavy atom. The zero-order valence-electron chi connectivity index (χ0n) is 15.6.